The molecule has 0 amide bonds. The van der Waals surface area contributed by atoms with E-state index in [0.29, 0.717) is 0 Å². The van der Waals surface area contributed by atoms with Crippen LogP contribution in [0.4, 0.5) is 11.4 Å². The van der Waals surface area contributed by atoms with Crippen LogP contribution < -0.4 is 9.64 Å². The number of ether oxygens (including phenoxy) is 1. The molecule has 3 nitrogen and oxygen atoms in total. The van der Waals surface area contributed by atoms with Crippen molar-refractivity contribution in [1.82, 2.24) is 0 Å². The van der Waals surface area contributed by atoms with E-state index in [1.54, 1.807) is 0 Å². The summed E-state index contributed by atoms with van der Waals surface area (Å²) >= 11 is 0. The van der Waals surface area contributed by atoms with E-state index in [0.717, 1.165) is 16.8 Å². The Morgan fingerprint density at radius 1 is 0.926 bits per heavy atom. The van der Waals surface area contributed by atoms with E-state index in [-0.39, 0.29) is 5.41 Å². The van der Waals surface area contributed by atoms with Crippen LogP contribution in [0.25, 0.3) is 10.8 Å². The second-order valence-corrected chi connectivity index (χ2v) is 8.30. The van der Waals surface area contributed by atoms with Gasteiger partial charge in [0.2, 0.25) is 5.72 Å². The standard InChI is InChI=1S/C24H24N2O/c1-15-10-11-16(2)22-20(15)23(3,4)24(26(22)5)14-25-21-18-9-7-6-8-17(18)12-13-19(21)27-24/h6-14H,1-5H3/t24-/m1/s1. The van der Waals surface area contributed by atoms with Gasteiger partial charge in [0.25, 0.3) is 0 Å². The molecule has 5 rings (SSSR count). The molecule has 2 heterocycles. The number of rotatable bonds is 0. The second kappa shape index (κ2) is 5.13. The molecule has 136 valence electrons. The number of likely N-dealkylation sites (N-methyl/N-ethyl adjacent to an activating group) is 1. The minimum Gasteiger partial charge on any atom is -0.459 e. The maximum Gasteiger partial charge on any atom is 0.228 e. The van der Waals surface area contributed by atoms with Gasteiger partial charge in [0.15, 0.2) is 0 Å². The highest BCUT2D eigenvalue weighted by atomic mass is 16.5. The second-order valence-electron chi connectivity index (χ2n) is 8.30. The van der Waals surface area contributed by atoms with Crippen molar-refractivity contribution >= 4 is 28.4 Å². The molecule has 0 radical (unpaired) electrons. The number of fused-ring (bicyclic) bond motifs is 4. The van der Waals surface area contributed by atoms with Crippen LogP contribution in [0, 0.1) is 13.8 Å². The predicted octanol–water partition coefficient (Wildman–Crippen LogP) is 5.68. The summed E-state index contributed by atoms with van der Waals surface area (Å²) < 4.78 is 6.79. The molecule has 2 aliphatic rings. The van der Waals surface area contributed by atoms with Crippen LogP contribution in [0.15, 0.2) is 53.5 Å². The summed E-state index contributed by atoms with van der Waals surface area (Å²) in [4.78, 5) is 7.22. The molecule has 0 bridgehead atoms. The highest BCUT2D eigenvalue weighted by molar-refractivity contribution is 6.00. The Morgan fingerprint density at radius 2 is 1.67 bits per heavy atom. The first-order valence-electron chi connectivity index (χ1n) is 9.47. The molecule has 1 atom stereocenters. The van der Waals surface area contributed by atoms with Gasteiger partial charge in [-0.25, -0.2) is 0 Å². The predicted molar refractivity (Wildman–Crippen MR) is 113 cm³/mol. The summed E-state index contributed by atoms with van der Waals surface area (Å²) in [7, 11) is 2.12. The maximum absolute atomic E-state index is 6.79. The molecule has 1 spiro atoms. The lowest BCUT2D eigenvalue weighted by molar-refractivity contribution is 0.0824. The van der Waals surface area contributed by atoms with Gasteiger partial charge in [-0.3, -0.25) is 4.99 Å². The minimum atomic E-state index is -0.637. The van der Waals surface area contributed by atoms with Gasteiger partial charge in [-0.1, -0.05) is 42.5 Å². The number of benzene rings is 3. The van der Waals surface area contributed by atoms with Crippen LogP contribution in [0.5, 0.6) is 5.75 Å². The molecular formula is C24H24N2O. The number of nitrogens with zero attached hydrogens (tertiary/aromatic N) is 2. The third-order valence-corrected chi connectivity index (χ3v) is 6.44. The zero-order valence-electron chi connectivity index (χ0n) is 16.5. The highest BCUT2D eigenvalue weighted by Crippen LogP contribution is 2.55. The monoisotopic (exact) mass is 356 g/mol. The van der Waals surface area contributed by atoms with Crippen LogP contribution in [0.2, 0.25) is 0 Å². The summed E-state index contributed by atoms with van der Waals surface area (Å²) in [6.07, 6.45) is 2.01. The average Bonchev–Trinajstić information content (AvgIpc) is 2.83. The van der Waals surface area contributed by atoms with Crippen molar-refractivity contribution in [2.75, 3.05) is 11.9 Å². The summed E-state index contributed by atoms with van der Waals surface area (Å²) in [6.45, 7) is 8.89. The van der Waals surface area contributed by atoms with Crippen LogP contribution in [0.1, 0.15) is 30.5 Å². The molecule has 3 aromatic rings. The lowest BCUT2D eigenvalue weighted by Gasteiger charge is -2.45. The Balaban J connectivity index is 1.74. The van der Waals surface area contributed by atoms with E-state index in [4.69, 9.17) is 9.73 Å². The molecular weight excluding hydrogens is 332 g/mol. The lowest BCUT2D eigenvalue weighted by atomic mass is 9.75. The van der Waals surface area contributed by atoms with Gasteiger partial charge in [0.05, 0.1) is 11.6 Å². The Labute approximate surface area is 160 Å². The van der Waals surface area contributed by atoms with Crippen LogP contribution >= 0.6 is 0 Å². The first-order valence-corrected chi connectivity index (χ1v) is 9.47. The van der Waals surface area contributed by atoms with Crippen LogP contribution in [0.3, 0.4) is 0 Å². The van der Waals surface area contributed by atoms with Gasteiger partial charge in [-0.05, 0) is 55.8 Å². The molecule has 0 fully saturated rings. The highest BCUT2D eigenvalue weighted by Gasteiger charge is 2.59. The summed E-state index contributed by atoms with van der Waals surface area (Å²) in [5, 5.41) is 2.31. The molecule has 0 saturated heterocycles. The summed E-state index contributed by atoms with van der Waals surface area (Å²) in [5.41, 5.74) is 5.22. The molecule has 0 saturated carbocycles. The number of hydrogen-bond donors (Lipinski definition) is 0. The number of aliphatic imine (C=N–C) groups is 1. The van der Waals surface area contributed by atoms with E-state index in [9.17, 15) is 0 Å². The average molecular weight is 356 g/mol. The fraction of sp³-hybridized carbons (Fsp3) is 0.292. The number of anilines is 1. The van der Waals surface area contributed by atoms with Crippen molar-refractivity contribution < 1.29 is 4.74 Å². The molecule has 27 heavy (non-hydrogen) atoms. The number of aryl methyl sites for hydroxylation is 2. The molecule has 0 N–H and O–H groups in total. The van der Waals surface area contributed by atoms with Gasteiger partial charge in [0.1, 0.15) is 11.4 Å². The third-order valence-electron chi connectivity index (χ3n) is 6.44. The topological polar surface area (TPSA) is 24.8 Å². The van der Waals surface area contributed by atoms with Crippen molar-refractivity contribution in [2.24, 2.45) is 4.99 Å². The Morgan fingerprint density at radius 3 is 2.44 bits per heavy atom. The fourth-order valence-electron chi connectivity index (χ4n) is 5.02. The van der Waals surface area contributed by atoms with E-state index in [1.165, 1.54) is 27.8 Å². The van der Waals surface area contributed by atoms with Crippen molar-refractivity contribution in [3.63, 3.8) is 0 Å². The largest absolute Gasteiger partial charge is 0.459 e. The minimum absolute atomic E-state index is 0.236. The van der Waals surface area contributed by atoms with Crippen LogP contribution in [-0.4, -0.2) is 19.0 Å². The fourth-order valence-corrected chi connectivity index (χ4v) is 5.02. The molecule has 3 aromatic carbocycles. The summed E-state index contributed by atoms with van der Waals surface area (Å²) in [6, 6.07) is 16.9. The van der Waals surface area contributed by atoms with Gasteiger partial charge in [0, 0.05) is 18.1 Å². The third kappa shape index (κ3) is 1.89. The first-order chi connectivity index (χ1) is 12.9. The van der Waals surface area contributed by atoms with Crippen molar-refractivity contribution in [1.29, 1.82) is 0 Å². The first kappa shape index (κ1) is 16.4. The van der Waals surface area contributed by atoms with Gasteiger partial charge >= 0.3 is 0 Å². The van der Waals surface area contributed by atoms with E-state index < -0.39 is 5.72 Å². The SMILES string of the molecule is Cc1ccc(C)c2c1N(C)[C@@]1(C=Nc3c(ccc4ccccc34)O1)C2(C)C. The van der Waals surface area contributed by atoms with E-state index in [1.807, 2.05) is 6.21 Å². The summed E-state index contributed by atoms with van der Waals surface area (Å²) in [5.74, 6) is 0.847. The zero-order chi connectivity index (χ0) is 19.0. The lowest BCUT2D eigenvalue weighted by Crippen LogP contribution is -2.61. The number of hydrogen-bond acceptors (Lipinski definition) is 3. The van der Waals surface area contributed by atoms with Gasteiger partial charge < -0.3 is 9.64 Å². The quantitative estimate of drug-likeness (QED) is 0.518. The van der Waals surface area contributed by atoms with Crippen molar-refractivity contribution in [3.05, 3.63) is 65.2 Å². The normalized spacial score (nSPS) is 22.0. The smallest absolute Gasteiger partial charge is 0.228 e. The zero-order valence-corrected chi connectivity index (χ0v) is 16.5. The van der Waals surface area contributed by atoms with Crippen molar-refractivity contribution in [3.8, 4) is 5.75 Å². The Bertz CT molecular complexity index is 1130. The van der Waals surface area contributed by atoms with Crippen molar-refractivity contribution in [2.45, 2.75) is 38.8 Å². The van der Waals surface area contributed by atoms with Gasteiger partial charge in [-0.2, -0.15) is 0 Å². The molecule has 0 aromatic heterocycles. The molecule has 0 unspecified atom stereocenters. The maximum atomic E-state index is 6.79. The Kier molecular flexibility index (Phi) is 3.11. The molecule has 0 aliphatic carbocycles. The van der Waals surface area contributed by atoms with Crippen LogP contribution in [-0.2, 0) is 5.41 Å². The van der Waals surface area contributed by atoms with E-state index >= 15 is 0 Å². The Hall–Kier alpha value is -2.81. The molecule has 3 heteroatoms. The van der Waals surface area contributed by atoms with Gasteiger partial charge in [-0.15, -0.1) is 0 Å². The van der Waals surface area contributed by atoms with E-state index in [2.05, 4.69) is 88.2 Å². The molecule has 2 aliphatic heterocycles.